The second kappa shape index (κ2) is 8.82. The first-order valence-electron chi connectivity index (χ1n) is 7.98. The normalized spacial score (nSPS) is 10.7. The maximum atomic E-state index is 11.8. The molecule has 1 N–H and O–H groups in total. The Morgan fingerprint density at radius 2 is 1.92 bits per heavy atom. The fraction of sp³-hybridized carbons (Fsp3) is 0.100. The van der Waals surface area contributed by atoms with Gasteiger partial charge in [-0.05, 0) is 35.9 Å². The molecule has 1 heterocycles. The molecule has 0 bridgehead atoms. The van der Waals surface area contributed by atoms with E-state index in [1.54, 1.807) is 18.7 Å². The molecular formula is C20H18N2O3S. The SMILES string of the molecule is COc1ccccc1Oc1ccc(CNC(=O)/C=C/c2cscn2)cc1. The highest BCUT2D eigenvalue weighted by Gasteiger charge is 2.04. The zero-order valence-electron chi connectivity index (χ0n) is 14.2. The van der Waals surface area contributed by atoms with Gasteiger partial charge in [0.05, 0.1) is 18.3 Å². The minimum absolute atomic E-state index is 0.160. The highest BCUT2D eigenvalue weighted by molar-refractivity contribution is 7.07. The number of hydrogen-bond donors (Lipinski definition) is 1. The summed E-state index contributed by atoms with van der Waals surface area (Å²) < 4.78 is 11.1. The molecule has 26 heavy (non-hydrogen) atoms. The molecule has 0 aliphatic carbocycles. The monoisotopic (exact) mass is 366 g/mol. The van der Waals surface area contributed by atoms with E-state index in [0.29, 0.717) is 23.8 Å². The van der Waals surface area contributed by atoms with Gasteiger partial charge in [0.2, 0.25) is 5.91 Å². The van der Waals surface area contributed by atoms with E-state index in [9.17, 15) is 4.79 Å². The van der Waals surface area contributed by atoms with Gasteiger partial charge < -0.3 is 14.8 Å². The summed E-state index contributed by atoms with van der Waals surface area (Å²) in [4.78, 5) is 15.9. The number of para-hydroxylation sites is 2. The van der Waals surface area contributed by atoms with E-state index < -0.39 is 0 Å². The molecule has 1 aromatic heterocycles. The third kappa shape index (κ3) is 4.94. The van der Waals surface area contributed by atoms with Gasteiger partial charge >= 0.3 is 0 Å². The van der Waals surface area contributed by atoms with E-state index in [1.807, 2.05) is 53.9 Å². The lowest BCUT2D eigenvalue weighted by Crippen LogP contribution is -2.20. The molecule has 0 saturated heterocycles. The van der Waals surface area contributed by atoms with Gasteiger partial charge in [0.25, 0.3) is 0 Å². The average molecular weight is 366 g/mol. The van der Waals surface area contributed by atoms with E-state index in [4.69, 9.17) is 9.47 Å². The van der Waals surface area contributed by atoms with Crippen molar-refractivity contribution in [1.82, 2.24) is 10.3 Å². The van der Waals surface area contributed by atoms with Crippen molar-refractivity contribution in [1.29, 1.82) is 0 Å². The molecule has 0 spiro atoms. The Morgan fingerprint density at radius 1 is 1.15 bits per heavy atom. The van der Waals surface area contributed by atoms with Crippen LogP contribution in [-0.4, -0.2) is 18.0 Å². The molecular weight excluding hydrogens is 348 g/mol. The fourth-order valence-corrected chi connectivity index (χ4v) is 2.74. The second-order valence-electron chi connectivity index (χ2n) is 5.36. The van der Waals surface area contributed by atoms with Gasteiger partial charge in [-0.2, -0.15) is 0 Å². The molecule has 1 amide bonds. The number of benzene rings is 2. The molecule has 5 nitrogen and oxygen atoms in total. The number of carbonyl (C=O) groups is 1. The van der Waals surface area contributed by atoms with Crippen LogP contribution in [0, 0.1) is 0 Å². The summed E-state index contributed by atoms with van der Waals surface area (Å²) in [5, 5.41) is 4.72. The van der Waals surface area contributed by atoms with Crippen LogP contribution in [0.1, 0.15) is 11.3 Å². The lowest BCUT2D eigenvalue weighted by Gasteiger charge is -2.10. The zero-order chi connectivity index (χ0) is 18.2. The van der Waals surface area contributed by atoms with Gasteiger partial charge in [0, 0.05) is 18.0 Å². The lowest BCUT2D eigenvalue weighted by atomic mass is 10.2. The first-order valence-corrected chi connectivity index (χ1v) is 8.93. The van der Waals surface area contributed by atoms with Crippen molar-refractivity contribution in [3.05, 3.63) is 76.8 Å². The summed E-state index contributed by atoms with van der Waals surface area (Å²) >= 11 is 1.49. The molecule has 0 atom stereocenters. The maximum Gasteiger partial charge on any atom is 0.244 e. The van der Waals surface area contributed by atoms with Gasteiger partial charge in [-0.3, -0.25) is 4.79 Å². The summed E-state index contributed by atoms with van der Waals surface area (Å²) in [6.45, 7) is 0.440. The summed E-state index contributed by atoms with van der Waals surface area (Å²) in [6, 6.07) is 15.0. The van der Waals surface area contributed by atoms with Gasteiger partial charge in [0.15, 0.2) is 11.5 Å². The molecule has 0 unspecified atom stereocenters. The smallest absolute Gasteiger partial charge is 0.244 e. The Kier molecular flexibility index (Phi) is 6.01. The maximum absolute atomic E-state index is 11.8. The Hall–Kier alpha value is -3.12. The molecule has 0 aliphatic heterocycles. The van der Waals surface area contributed by atoms with Crippen molar-refractivity contribution in [2.45, 2.75) is 6.54 Å². The van der Waals surface area contributed by atoms with Crippen LogP contribution in [0.15, 0.2) is 65.5 Å². The Labute approximate surface area is 155 Å². The second-order valence-corrected chi connectivity index (χ2v) is 6.08. The summed E-state index contributed by atoms with van der Waals surface area (Å²) in [5.41, 5.74) is 3.49. The number of hydrogen-bond acceptors (Lipinski definition) is 5. The molecule has 0 saturated carbocycles. The number of ether oxygens (including phenoxy) is 2. The standard InChI is InChI=1S/C20H18N2O3S/c1-24-18-4-2-3-5-19(18)25-17-9-6-15(7-10-17)12-21-20(23)11-8-16-13-26-14-22-16/h2-11,13-14H,12H2,1H3,(H,21,23)/b11-8+. The number of carbonyl (C=O) groups excluding carboxylic acids is 1. The molecule has 132 valence electrons. The van der Waals surface area contributed by atoms with Crippen LogP contribution in [0.5, 0.6) is 17.2 Å². The zero-order valence-corrected chi connectivity index (χ0v) is 15.0. The molecule has 2 aromatic carbocycles. The minimum atomic E-state index is -0.160. The number of thiazole rings is 1. The first-order chi connectivity index (χ1) is 12.7. The van der Waals surface area contributed by atoms with E-state index >= 15 is 0 Å². The number of nitrogens with one attached hydrogen (secondary N) is 1. The Morgan fingerprint density at radius 3 is 2.62 bits per heavy atom. The van der Waals surface area contributed by atoms with E-state index in [2.05, 4.69) is 10.3 Å². The van der Waals surface area contributed by atoms with Gasteiger partial charge in [0.1, 0.15) is 5.75 Å². The number of rotatable bonds is 7. The molecule has 0 aliphatic rings. The van der Waals surface area contributed by atoms with Crippen molar-refractivity contribution in [2.24, 2.45) is 0 Å². The number of amides is 1. The number of methoxy groups -OCH3 is 1. The van der Waals surface area contributed by atoms with E-state index in [1.165, 1.54) is 17.4 Å². The van der Waals surface area contributed by atoms with Gasteiger partial charge in [-0.15, -0.1) is 11.3 Å². The minimum Gasteiger partial charge on any atom is -0.493 e. The molecule has 6 heteroatoms. The Balaban J connectivity index is 1.53. The van der Waals surface area contributed by atoms with Crippen molar-refractivity contribution in [2.75, 3.05) is 7.11 Å². The van der Waals surface area contributed by atoms with Crippen molar-refractivity contribution >= 4 is 23.3 Å². The summed E-state index contributed by atoms with van der Waals surface area (Å²) in [5.74, 6) is 1.87. The molecule has 3 aromatic rings. The topological polar surface area (TPSA) is 60.5 Å². The van der Waals surface area contributed by atoms with Crippen LogP contribution >= 0.6 is 11.3 Å². The molecule has 3 rings (SSSR count). The molecule has 0 fully saturated rings. The highest BCUT2D eigenvalue weighted by atomic mass is 32.1. The van der Waals surface area contributed by atoms with Crippen LogP contribution < -0.4 is 14.8 Å². The van der Waals surface area contributed by atoms with E-state index in [-0.39, 0.29) is 5.91 Å². The lowest BCUT2D eigenvalue weighted by molar-refractivity contribution is -0.116. The van der Waals surface area contributed by atoms with Crippen molar-refractivity contribution in [3.8, 4) is 17.2 Å². The van der Waals surface area contributed by atoms with Crippen molar-refractivity contribution < 1.29 is 14.3 Å². The first kappa shape index (κ1) is 17.7. The number of aromatic nitrogens is 1. The van der Waals surface area contributed by atoms with Gasteiger partial charge in [-0.1, -0.05) is 24.3 Å². The van der Waals surface area contributed by atoms with Crippen LogP contribution in [-0.2, 0) is 11.3 Å². The van der Waals surface area contributed by atoms with Crippen LogP contribution in [0.25, 0.3) is 6.08 Å². The average Bonchev–Trinajstić information content (AvgIpc) is 3.20. The Bertz CT molecular complexity index is 874. The van der Waals surface area contributed by atoms with E-state index in [0.717, 1.165) is 11.3 Å². The summed E-state index contributed by atoms with van der Waals surface area (Å²) in [6.07, 6.45) is 3.17. The van der Waals surface area contributed by atoms with Crippen molar-refractivity contribution in [3.63, 3.8) is 0 Å². The predicted octanol–water partition coefficient (Wildman–Crippen LogP) is 4.27. The quantitative estimate of drug-likeness (QED) is 0.634. The predicted molar refractivity (Wildman–Crippen MR) is 103 cm³/mol. The van der Waals surface area contributed by atoms with Gasteiger partial charge in [-0.25, -0.2) is 4.98 Å². The highest BCUT2D eigenvalue weighted by Crippen LogP contribution is 2.30. The van der Waals surface area contributed by atoms with Crippen LogP contribution in [0.2, 0.25) is 0 Å². The largest absolute Gasteiger partial charge is 0.493 e. The van der Waals surface area contributed by atoms with Crippen LogP contribution in [0.3, 0.4) is 0 Å². The molecule has 0 radical (unpaired) electrons. The summed E-state index contributed by atoms with van der Waals surface area (Å²) in [7, 11) is 1.61. The fourth-order valence-electron chi connectivity index (χ4n) is 2.22. The number of nitrogens with zero attached hydrogens (tertiary/aromatic N) is 1. The van der Waals surface area contributed by atoms with Crippen LogP contribution in [0.4, 0.5) is 0 Å². The third-order valence-corrected chi connectivity index (χ3v) is 4.15. The third-order valence-electron chi connectivity index (χ3n) is 3.54.